The summed E-state index contributed by atoms with van der Waals surface area (Å²) in [6, 6.07) is 38.4. The first-order valence-electron chi connectivity index (χ1n) is 18.5. The largest absolute Gasteiger partial charge is 0.397 e. The third-order valence-corrected chi connectivity index (χ3v) is 12.5. The smallest absolute Gasteiger partial charge is 0.0738 e. The van der Waals surface area contributed by atoms with E-state index in [-0.39, 0.29) is 22.7 Å². The van der Waals surface area contributed by atoms with Crippen LogP contribution in [0.4, 0.5) is 0 Å². The Balaban J connectivity index is 1.28. The lowest BCUT2D eigenvalue weighted by molar-refractivity contribution is 0.619. The second-order valence-electron chi connectivity index (χ2n) is 16.0. The van der Waals surface area contributed by atoms with Gasteiger partial charge in [0, 0.05) is 33.9 Å². The van der Waals surface area contributed by atoms with E-state index in [9.17, 15) is 0 Å². The van der Waals surface area contributed by atoms with Gasteiger partial charge in [0.2, 0.25) is 0 Å². The molecule has 2 nitrogen and oxygen atoms in total. The van der Waals surface area contributed by atoms with Crippen LogP contribution in [-0.4, -0.2) is 5.71 Å². The van der Waals surface area contributed by atoms with Crippen molar-refractivity contribution in [2.75, 3.05) is 0 Å². The van der Waals surface area contributed by atoms with Crippen molar-refractivity contribution in [3.63, 3.8) is 0 Å². The Kier molecular flexibility index (Phi) is 7.01. The van der Waals surface area contributed by atoms with Crippen LogP contribution >= 0.6 is 0 Å². The maximum atomic E-state index is 7.11. The number of nitrogens with zero attached hydrogens (tertiary/aromatic N) is 1. The second kappa shape index (κ2) is 11.3. The molecule has 9 rings (SSSR count). The summed E-state index contributed by atoms with van der Waals surface area (Å²) in [7, 11) is 0. The third kappa shape index (κ3) is 4.50. The third-order valence-electron chi connectivity index (χ3n) is 12.5. The molecule has 2 heteroatoms. The quantitative estimate of drug-likeness (QED) is 0.193. The number of hydrogen-bond donors (Lipinski definition) is 1. The number of allylic oxidation sites excluding steroid dienone is 5. The Hall–Kier alpha value is -4.95. The number of hydrogen-bond acceptors (Lipinski definition) is 2. The van der Waals surface area contributed by atoms with Crippen LogP contribution in [0.5, 0.6) is 0 Å². The number of aliphatic imine (C=N–C) groups is 1. The molecule has 0 amide bonds. The van der Waals surface area contributed by atoms with E-state index in [2.05, 4.69) is 150 Å². The van der Waals surface area contributed by atoms with Crippen molar-refractivity contribution < 1.29 is 0 Å². The molecule has 4 aliphatic rings. The van der Waals surface area contributed by atoms with Crippen LogP contribution in [0.3, 0.4) is 0 Å². The van der Waals surface area contributed by atoms with E-state index in [1.165, 1.54) is 72.1 Å². The number of nitrogens with two attached hydrogens (primary N) is 1. The average molecular weight is 651 g/mol. The average Bonchev–Trinajstić information content (AvgIpc) is 3.40. The van der Waals surface area contributed by atoms with E-state index in [4.69, 9.17) is 10.7 Å². The van der Waals surface area contributed by atoms with E-state index < -0.39 is 0 Å². The zero-order valence-corrected chi connectivity index (χ0v) is 30.0. The predicted octanol–water partition coefficient (Wildman–Crippen LogP) is 11.7. The number of rotatable bonds is 4. The highest BCUT2D eigenvalue weighted by Crippen LogP contribution is 2.53. The minimum absolute atomic E-state index is 0.0587. The molecule has 4 aliphatic carbocycles. The van der Waals surface area contributed by atoms with Crippen LogP contribution < -0.4 is 5.73 Å². The standard InChI is InChI=1S/C48H46N2/c1-29(33-21-14-24-42-43(33)37-19-10-12-22-40(37)47(42,2)3)45(50-46-44(49)38-20-11-13-23-41(38)48(46,4)5)36-26-25-32-27-30-15-6-7-16-31(30)28-39(32)35-18-9-8-17-34(35)36/h6-7,9-16,18-24,27-29,36H,8,17,25-26,49H2,1-5H3/t29?,36-/m0/s1. The van der Waals surface area contributed by atoms with E-state index >= 15 is 0 Å². The molecule has 0 spiro atoms. The molecule has 5 aromatic rings. The summed E-state index contributed by atoms with van der Waals surface area (Å²) >= 11 is 0. The van der Waals surface area contributed by atoms with Crippen molar-refractivity contribution in [1.82, 2.24) is 0 Å². The van der Waals surface area contributed by atoms with Gasteiger partial charge in [-0.1, -0.05) is 149 Å². The van der Waals surface area contributed by atoms with E-state index in [0.29, 0.717) is 0 Å². The summed E-state index contributed by atoms with van der Waals surface area (Å²) in [4.78, 5) is 5.91. The number of benzene rings is 5. The molecule has 2 N–H and O–H groups in total. The Labute approximate surface area is 297 Å². The first-order valence-corrected chi connectivity index (χ1v) is 18.5. The lowest BCUT2D eigenvalue weighted by atomic mass is 9.75. The molecule has 2 atom stereocenters. The predicted molar refractivity (Wildman–Crippen MR) is 211 cm³/mol. The number of fused-ring (bicyclic) bond motifs is 7. The van der Waals surface area contributed by atoms with Crippen molar-refractivity contribution in [2.24, 2.45) is 16.6 Å². The minimum Gasteiger partial charge on any atom is -0.397 e. The topological polar surface area (TPSA) is 38.4 Å². The minimum atomic E-state index is -0.298. The fraction of sp³-hybridized carbons (Fsp3) is 0.271. The first kappa shape index (κ1) is 31.1. The summed E-state index contributed by atoms with van der Waals surface area (Å²) in [5.41, 5.74) is 24.9. The van der Waals surface area contributed by atoms with Gasteiger partial charge in [0.15, 0.2) is 0 Å². The molecule has 0 saturated carbocycles. The van der Waals surface area contributed by atoms with Gasteiger partial charge in [0.05, 0.1) is 11.4 Å². The molecule has 0 heterocycles. The Bertz CT molecular complexity index is 2360. The van der Waals surface area contributed by atoms with E-state index in [0.717, 1.165) is 42.6 Å². The van der Waals surface area contributed by atoms with Crippen molar-refractivity contribution in [3.8, 4) is 11.1 Å². The Morgan fingerprint density at radius 2 is 1.38 bits per heavy atom. The van der Waals surface area contributed by atoms with Crippen LogP contribution in [-0.2, 0) is 17.3 Å². The fourth-order valence-electron chi connectivity index (χ4n) is 9.82. The molecule has 0 aliphatic heterocycles. The van der Waals surface area contributed by atoms with Crippen LogP contribution in [0.25, 0.3) is 33.2 Å². The Morgan fingerprint density at radius 3 is 2.14 bits per heavy atom. The monoisotopic (exact) mass is 650 g/mol. The van der Waals surface area contributed by atoms with Crippen molar-refractivity contribution >= 4 is 27.8 Å². The molecule has 50 heavy (non-hydrogen) atoms. The maximum absolute atomic E-state index is 7.11. The normalized spacial score (nSPS) is 20.6. The van der Waals surface area contributed by atoms with Crippen molar-refractivity contribution in [3.05, 3.63) is 165 Å². The maximum Gasteiger partial charge on any atom is 0.0738 e. The highest BCUT2D eigenvalue weighted by atomic mass is 14.9. The van der Waals surface area contributed by atoms with Gasteiger partial charge >= 0.3 is 0 Å². The molecule has 0 aromatic heterocycles. The van der Waals surface area contributed by atoms with E-state index in [1.807, 2.05) is 0 Å². The molecule has 0 radical (unpaired) electrons. The van der Waals surface area contributed by atoms with Crippen LogP contribution in [0.1, 0.15) is 98.7 Å². The molecule has 0 fully saturated rings. The van der Waals surface area contributed by atoms with Crippen LogP contribution in [0, 0.1) is 5.92 Å². The highest BCUT2D eigenvalue weighted by molar-refractivity contribution is 6.02. The van der Waals surface area contributed by atoms with Gasteiger partial charge in [0.25, 0.3) is 0 Å². The summed E-state index contributed by atoms with van der Waals surface area (Å²) in [5.74, 6) is 0.275. The lowest BCUT2D eigenvalue weighted by Crippen LogP contribution is -2.27. The van der Waals surface area contributed by atoms with Crippen molar-refractivity contribution in [1.29, 1.82) is 0 Å². The van der Waals surface area contributed by atoms with E-state index in [1.54, 1.807) is 0 Å². The SMILES string of the molecule is CC(C(=NC1=C(N)c2ccccc2C1(C)C)[C@H]1CCc2cc3ccccc3cc2C2=C1CCC=C2)c1cccc2c1-c1ccccc1C2(C)C. The molecular formula is C48H46N2. The van der Waals surface area contributed by atoms with Gasteiger partial charge < -0.3 is 5.73 Å². The van der Waals surface area contributed by atoms with Gasteiger partial charge in [-0.15, -0.1) is 0 Å². The molecular weight excluding hydrogens is 605 g/mol. The summed E-state index contributed by atoms with van der Waals surface area (Å²) in [6.07, 6.45) is 8.94. The molecule has 5 aromatic carbocycles. The summed E-state index contributed by atoms with van der Waals surface area (Å²) in [6.45, 7) is 11.8. The molecule has 0 bridgehead atoms. The zero-order valence-electron chi connectivity index (χ0n) is 30.0. The fourth-order valence-corrected chi connectivity index (χ4v) is 9.82. The Morgan fingerprint density at radius 1 is 0.720 bits per heavy atom. The van der Waals surface area contributed by atoms with Crippen molar-refractivity contribution in [2.45, 2.75) is 77.0 Å². The molecule has 1 unspecified atom stereocenters. The number of aryl methyl sites for hydroxylation is 1. The molecule has 0 saturated heterocycles. The zero-order chi connectivity index (χ0) is 34.4. The van der Waals surface area contributed by atoms with Gasteiger partial charge in [-0.25, -0.2) is 0 Å². The second-order valence-corrected chi connectivity index (χ2v) is 16.0. The van der Waals surface area contributed by atoms with Crippen LogP contribution in [0.2, 0.25) is 0 Å². The summed E-state index contributed by atoms with van der Waals surface area (Å²) in [5, 5.41) is 2.63. The van der Waals surface area contributed by atoms with Gasteiger partial charge in [0.1, 0.15) is 0 Å². The van der Waals surface area contributed by atoms with Gasteiger partial charge in [-0.3, -0.25) is 4.99 Å². The van der Waals surface area contributed by atoms with Gasteiger partial charge in [-0.2, -0.15) is 0 Å². The first-order chi connectivity index (χ1) is 24.2. The molecule has 248 valence electrons. The van der Waals surface area contributed by atoms with Gasteiger partial charge in [-0.05, 0) is 92.6 Å². The van der Waals surface area contributed by atoms with Crippen LogP contribution in [0.15, 0.2) is 132 Å². The lowest BCUT2D eigenvalue weighted by Gasteiger charge is -2.31. The summed E-state index contributed by atoms with van der Waals surface area (Å²) < 4.78 is 0. The highest BCUT2D eigenvalue weighted by Gasteiger charge is 2.41.